The Hall–Kier alpha value is -2.04. The number of esters is 2. The number of ether oxygens (including phenoxy) is 2. The molecule has 2 rings (SSSR count). The predicted octanol–water partition coefficient (Wildman–Crippen LogP) is 3.00. The molecule has 1 fully saturated rings. The minimum absolute atomic E-state index is 0.329. The molecule has 1 N–H and O–H groups in total. The van der Waals surface area contributed by atoms with E-state index in [1.165, 1.54) is 33.5 Å². The maximum absolute atomic E-state index is 11.8. The normalized spacial score (nSPS) is 15.3. The van der Waals surface area contributed by atoms with Crippen LogP contribution in [0.15, 0.2) is 18.2 Å². The lowest BCUT2D eigenvalue weighted by Gasteiger charge is -2.25. The molecule has 0 bridgehead atoms. The van der Waals surface area contributed by atoms with Gasteiger partial charge in [-0.05, 0) is 31.0 Å². The molecule has 0 aliphatic heterocycles. The molecular weight excluding hydrogens is 270 g/mol. The smallest absolute Gasteiger partial charge is 0.339 e. The molecule has 0 unspecified atom stereocenters. The summed E-state index contributed by atoms with van der Waals surface area (Å²) in [5.74, 6) is -0.831. The fraction of sp³-hybridized carbons (Fsp3) is 0.500. The Balaban J connectivity index is 2.28. The second kappa shape index (κ2) is 7.11. The Kier molecular flexibility index (Phi) is 5.20. The van der Waals surface area contributed by atoms with Gasteiger partial charge in [0.2, 0.25) is 0 Å². The molecule has 0 amide bonds. The quantitative estimate of drug-likeness (QED) is 0.864. The minimum atomic E-state index is -0.418. The zero-order valence-electron chi connectivity index (χ0n) is 12.5. The number of rotatable bonds is 4. The van der Waals surface area contributed by atoms with E-state index in [1.54, 1.807) is 18.2 Å². The van der Waals surface area contributed by atoms with Gasteiger partial charge in [-0.15, -0.1) is 0 Å². The lowest BCUT2D eigenvalue weighted by atomic mass is 9.95. The van der Waals surface area contributed by atoms with Gasteiger partial charge in [-0.1, -0.05) is 19.3 Å². The highest BCUT2D eigenvalue weighted by Crippen LogP contribution is 2.25. The van der Waals surface area contributed by atoms with Gasteiger partial charge in [0.05, 0.1) is 25.3 Å². The lowest BCUT2D eigenvalue weighted by molar-refractivity contribution is 0.0587. The van der Waals surface area contributed by atoms with E-state index in [2.05, 4.69) is 5.32 Å². The summed E-state index contributed by atoms with van der Waals surface area (Å²) in [7, 11) is 2.69. The van der Waals surface area contributed by atoms with Crippen LogP contribution in [0.2, 0.25) is 0 Å². The third-order valence-corrected chi connectivity index (χ3v) is 3.81. The molecule has 0 radical (unpaired) electrons. The van der Waals surface area contributed by atoms with Gasteiger partial charge in [0.25, 0.3) is 0 Å². The Morgan fingerprint density at radius 2 is 1.71 bits per heavy atom. The van der Waals surface area contributed by atoms with Crippen LogP contribution >= 0.6 is 0 Å². The van der Waals surface area contributed by atoms with Gasteiger partial charge in [0.15, 0.2) is 0 Å². The van der Waals surface area contributed by atoms with E-state index >= 15 is 0 Å². The first-order valence-corrected chi connectivity index (χ1v) is 7.23. The van der Waals surface area contributed by atoms with Crippen LogP contribution in [-0.4, -0.2) is 32.2 Å². The van der Waals surface area contributed by atoms with Crippen molar-refractivity contribution in [3.8, 4) is 0 Å². The van der Waals surface area contributed by atoms with Crippen molar-refractivity contribution in [1.29, 1.82) is 0 Å². The van der Waals surface area contributed by atoms with Gasteiger partial charge in [-0.3, -0.25) is 0 Å². The molecule has 5 nitrogen and oxygen atoms in total. The maximum atomic E-state index is 11.8. The molecule has 1 aliphatic rings. The molecular formula is C16H21NO4. The number of anilines is 1. The first kappa shape index (κ1) is 15.4. The monoisotopic (exact) mass is 291 g/mol. The zero-order chi connectivity index (χ0) is 15.2. The lowest BCUT2D eigenvalue weighted by Crippen LogP contribution is -2.24. The summed E-state index contributed by atoms with van der Waals surface area (Å²) in [6.45, 7) is 0. The highest BCUT2D eigenvalue weighted by molar-refractivity contribution is 5.99. The molecule has 1 aromatic rings. The molecule has 0 aromatic heterocycles. The fourth-order valence-corrected chi connectivity index (χ4v) is 2.66. The third kappa shape index (κ3) is 3.74. The topological polar surface area (TPSA) is 64.6 Å². The molecule has 0 heterocycles. The van der Waals surface area contributed by atoms with Crippen LogP contribution in [0.5, 0.6) is 0 Å². The van der Waals surface area contributed by atoms with Crippen molar-refractivity contribution in [3.05, 3.63) is 29.3 Å². The highest BCUT2D eigenvalue weighted by atomic mass is 16.5. The maximum Gasteiger partial charge on any atom is 0.339 e. The highest BCUT2D eigenvalue weighted by Gasteiger charge is 2.19. The van der Waals surface area contributed by atoms with Crippen LogP contribution in [0.1, 0.15) is 52.8 Å². The molecule has 1 saturated carbocycles. The van der Waals surface area contributed by atoms with Crippen LogP contribution in [0.3, 0.4) is 0 Å². The number of carbonyl (C=O) groups excluding carboxylic acids is 2. The number of benzene rings is 1. The molecule has 5 heteroatoms. The van der Waals surface area contributed by atoms with Gasteiger partial charge >= 0.3 is 11.9 Å². The van der Waals surface area contributed by atoms with E-state index < -0.39 is 11.9 Å². The first-order valence-electron chi connectivity index (χ1n) is 7.23. The molecule has 114 valence electrons. The number of nitrogens with one attached hydrogen (secondary N) is 1. The second-order valence-corrected chi connectivity index (χ2v) is 5.22. The van der Waals surface area contributed by atoms with E-state index in [0.717, 1.165) is 12.8 Å². The second-order valence-electron chi connectivity index (χ2n) is 5.22. The van der Waals surface area contributed by atoms with Crippen molar-refractivity contribution in [3.63, 3.8) is 0 Å². The van der Waals surface area contributed by atoms with Gasteiger partial charge < -0.3 is 14.8 Å². The fourth-order valence-electron chi connectivity index (χ4n) is 2.66. The number of methoxy groups -OCH3 is 2. The van der Waals surface area contributed by atoms with Crippen LogP contribution in [0, 0.1) is 0 Å². The van der Waals surface area contributed by atoms with Gasteiger partial charge in [0.1, 0.15) is 0 Å². The molecule has 0 saturated heterocycles. The van der Waals surface area contributed by atoms with E-state index in [0.29, 0.717) is 22.9 Å². The van der Waals surface area contributed by atoms with Crippen molar-refractivity contribution >= 4 is 17.6 Å². The molecule has 0 spiro atoms. The van der Waals surface area contributed by atoms with Crippen LogP contribution in [-0.2, 0) is 9.47 Å². The summed E-state index contributed by atoms with van der Waals surface area (Å²) in [5.41, 5.74) is 1.50. The summed E-state index contributed by atoms with van der Waals surface area (Å²) < 4.78 is 9.52. The number of carbonyl (C=O) groups is 2. The standard InChI is InChI=1S/C16H21NO4/c1-20-15(18)11-8-9-13(16(19)21-2)14(10-11)17-12-6-4-3-5-7-12/h8-10,12,17H,3-7H2,1-2H3. The van der Waals surface area contributed by atoms with Crippen molar-refractivity contribution in [2.45, 2.75) is 38.1 Å². The SMILES string of the molecule is COC(=O)c1ccc(C(=O)OC)c(NC2CCCCC2)c1. The predicted molar refractivity (Wildman–Crippen MR) is 79.6 cm³/mol. The van der Waals surface area contributed by atoms with Crippen molar-refractivity contribution < 1.29 is 19.1 Å². The largest absolute Gasteiger partial charge is 0.465 e. The van der Waals surface area contributed by atoms with E-state index in [4.69, 9.17) is 9.47 Å². The Morgan fingerprint density at radius 1 is 1.05 bits per heavy atom. The van der Waals surface area contributed by atoms with E-state index in [9.17, 15) is 9.59 Å². The summed E-state index contributed by atoms with van der Waals surface area (Å²) in [6.07, 6.45) is 5.76. The Labute approximate surface area is 124 Å². The third-order valence-electron chi connectivity index (χ3n) is 3.81. The summed E-state index contributed by atoms with van der Waals surface area (Å²) in [4.78, 5) is 23.5. The van der Waals surface area contributed by atoms with Gasteiger partial charge in [-0.2, -0.15) is 0 Å². The van der Waals surface area contributed by atoms with Crippen molar-refractivity contribution in [2.75, 3.05) is 19.5 Å². The van der Waals surface area contributed by atoms with Crippen LogP contribution < -0.4 is 5.32 Å². The molecule has 1 aromatic carbocycles. The Bertz CT molecular complexity index is 521. The number of hydrogen-bond acceptors (Lipinski definition) is 5. The Morgan fingerprint density at radius 3 is 2.33 bits per heavy atom. The number of hydrogen-bond donors (Lipinski definition) is 1. The van der Waals surface area contributed by atoms with E-state index in [1.807, 2.05) is 0 Å². The van der Waals surface area contributed by atoms with Crippen molar-refractivity contribution in [2.24, 2.45) is 0 Å². The van der Waals surface area contributed by atoms with E-state index in [-0.39, 0.29) is 0 Å². The van der Waals surface area contributed by atoms with Gasteiger partial charge in [0, 0.05) is 11.7 Å². The summed E-state index contributed by atoms with van der Waals surface area (Å²) in [5, 5.41) is 3.38. The summed E-state index contributed by atoms with van der Waals surface area (Å²) >= 11 is 0. The zero-order valence-corrected chi connectivity index (χ0v) is 12.5. The van der Waals surface area contributed by atoms with Crippen LogP contribution in [0.25, 0.3) is 0 Å². The molecule has 1 aliphatic carbocycles. The van der Waals surface area contributed by atoms with Gasteiger partial charge in [-0.25, -0.2) is 9.59 Å². The summed E-state index contributed by atoms with van der Waals surface area (Å²) in [6, 6.07) is 5.16. The first-order chi connectivity index (χ1) is 10.2. The average Bonchev–Trinajstić information content (AvgIpc) is 2.54. The molecule has 0 atom stereocenters. The van der Waals surface area contributed by atoms with Crippen molar-refractivity contribution in [1.82, 2.24) is 0 Å². The average molecular weight is 291 g/mol. The minimum Gasteiger partial charge on any atom is -0.465 e. The van der Waals surface area contributed by atoms with Crippen LogP contribution in [0.4, 0.5) is 5.69 Å². The molecule has 21 heavy (non-hydrogen) atoms.